The van der Waals surface area contributed by atoms with E-state index in [1.54, 1.807) is 19.9 Å². The van der Waals surface area contributed by atoms with Crippen molar-refractivity contribution in [2.24, 2.45) is 5.92 Å². The fourth-order valence-corrected chi connectivity index (χ4v) is 4.75. The largest absolute Gasteiger partial charge is 0.508 e. The molecular formula is C24H34O5. The van der Waals surface area contributed by atoms with Gasteiger partial charge in [0.15, 0.2) is 0 Å². The Kier molecular flexibility index (Phi) is 5.98. The van der Waals surface area contributed by atoms with Gasteiger partial charge in [-0.2, -0.15) is 0 Å². The van der Waals surface area contributed by atoms with Crippen LogP contribution in [0.5, 0.6) is 11.5 Å². The second kappa shape index (κ2) is 8.00. The maximum Gasteiger partial charge on any atom is 0.315 e. The van der Waals surface area contributed by atoms with Gasteiger partial charge in [-0.15, -0.1) is 0 Å². The molecule has 0 saturated heterocycles. The minimum atomic E-state index is -0.911. The van der Waals surface area contributed by atoms with Gasteiger partial charge >= 0.3 is 5.97 Å². The summed E-state index contributed by atoms with van der Waals surface area (Å²) in [5.41, 5.74) is 0.0172. The van der Waals surface area contributed by atoms with E-state index in [1.807, 2.05) is 19.9 Å². The summed E-state index contributed by atoms with van der Waals surface area (Å²) < 4.78 is 11.8. The number of phenolic OH excluding ortho intramolecular Hbond substituents is 1. The van der Waals surface area contributed by atoms with E-state index >= 15 is 0 Å². The zero-order chi connectivity index (χ0) is 21.4. The maximum atomic E-state index is 12.7. The topological polar surface area (TPSA) is 72.8 Å². The van der Waals surface area contributed by atoms with Crippen LogP contribution in [0.3, 0.4) is 0 Å². The minimum Gasteiger partial charge on any atom is -0.508 e. The van der Waals surface area contributed by atoms with Crippen LogP contribution in [0, 0.1) is 5.92 Å². The maximum absolute atomic E-state index is 12.7. The van der Waals surface area contributed by atoms with Crippen LogP contribution in [0.1, 0.15) is 90.2 Å². The molecule has 1 fully saturated rings. The van der Waals surface area contributed by atoms with Gasteiger partial charge in [0.25, 0.3) is 0 Å². The Morgan fingerprint density at radius 2 is 2.03 bits per heavy atom. The normalized spacial score (nSPS) is 23.0. The van der Waals surface area contributed by atoms with E-state index in [4.69, 9.17) is 9.47 Å². The molecule has 1 aromatic rings. The zero-order valence-corrected chi connectivity index (χ0v) is 18.3. The minimum absolute atomic E-state index is 0.0480. The lowest BCUT2D eigenvalue weighted by molar-refractivity contribution is -0.149. The molecular weight excluding hydrogens is 368 g/mol. The van der Waals surface area contributed by atoms with Crippen molar-refractivity contribution in [2.75, 3.05) is 6.61 Å². The Labute approximate surface area is 173 Å². The summed E-state index contributed by atoms with van der Waals surface area (Å²) in [5.74, 6) is 0.731. The molecule has 29 heavy (non-hydrogen) atoms. The Hall–Kier alpha value is -2.04. The zero-order valence-electron chi connectivity index (χ0n) is 18.3. The number of hydrogen-bond acceptors (Lipinski definition) is 5. The number of phenols is 1. The van der Waals surface area contributed by atoms with Gasteiger partial charge in [-0.3, -0.25) is 9.59 Å². The van der Waals surface area contributed by atoms with E-state index in [0.29, 0.717) is 36.3 Å². The molecule has 160 valence electrons. The van der Waals surface area contributed by atoms with Crippen molar-refractivity contribution in [3.8, 4) is 11.5 Å². The van der Waals surface area contributed by atoms with Gasteiger partial charge in [-0.1, -0.05) is 19.8 Å². The van der Waals surface area contributed by atoms with Crippen molar-refractivity contribution in [1.29, 1.82) is 0 Å². The van der Waals surface area contributed by atoms with Crippen LogP contribution < -0.4 is 4.74 Å². The summed E-state index contributed by atoms with van der Waals surface area (Å²) in [6.07, 6.45) is 4.71. The second-order valence-electron chi connectivity index (χ2n) is 9.58. The molecule has 1 N–H and O–H groups in total. The molecule has 0 bridgehead atoms. The first kappa shape index (κ1) is 21.7. The standard InChI is InChI=1S/C24H34O5/c1-6-7-8-11-28-22(27)23(2,3)15-12-19(26)21-17-14-16(25)9-10-18(17)24(4,5)29-20(21)13-15/h12-13,17-18,26H,6-11,14H2,1-5H3/t17-,18-/m1/s1. The number of benzene rings is 1. The van der Waals surface area contributed by atoms with Crippen molar-refractivity contribution in [1.82, 2.24) is 0 Å². The number of ketones is 1. The molecule has 0 spiro atoms. The van der Waals surface area contributed by atoms with Crippen molar-refractivity contribution in [3.05, 3.63) is 23.3 Å². The number of hydrogen-bond donors (Lipinski definition) is 1. The molecule has 0 amide bonds. The van der Waals surface area contributed by atoms with Crippen molar-refractivity contribution < 1.29 is 24.2 Å². The van der Waals surface area contributed by atoms with Gasteiger partial charge in [0.1, 0.15) is 22.9 Å². The fourth-order valence-electron chi connectivity index (χ4n) is 4.75. The highest BCUT2D eigenvalue weighted by Crippen LogP contribution is 2.54. The molecule has 0 radical (unpaired) electrons. The average molecular weight is 403 g/mol. The average Bonchev–Trinajstić information content (AvgIpc) is 2.63. The van der Waals surface area contributed by atoms with Crippen molar-refractivity contribution in [2.45, 2.75) is 90.1 Å². The van der Waals surface area contributed by atoms with Crippen LogP contribution in [0.15, 0.2) is 12.1 Å². The number of Topliss-reactive ketones (excluding diaryl/α,β-unsaturated/α-hetero) is 1. The Bertz CT molecular complexity index is 793. The van der Waals surface area contributed by atoms with Crippen LogP contribution in [-0.4, -0.2) is 29.1 Å². The van der Waals surface area contributed by atoms with Crippen LogP contribution in [0.4, 0.5) is 0 Å². The third kappa shape index (κ3) is 4.15. The Morgan fingerprint density at radius 1 is 1.31 bits per heavy atom. The summed E-state index contributed by atoms with van der Waals surface area (Å²) in [4.78, 5) is 24.8. The van der Waals surface area contributed by atoms with E-state index in [-0.39, 0.29) is 29.3 Å². The number of ether oxygens (including phenoxy) is 2. The summed E-state index contributed by atoms with van der Waals surface area (Å²) in [6.45, 7) is 10.2. The number of carbonyl (C=O) groups excluding carboxylic acids is 2. The molecule has 2 atom stereocenters. The highest BCUT2D eigenvalue weighted by Gasteiger charge is 2.48. The summed E-state index contributed by atoms with van der Waals surface area (Å²) in [7, 11) is 0. The number of unbranched alkanes of at least 4 members (excludes halogenated alkanes) is 2. The van der Waals surface area contributed by atoms with Gasteiger partial charge in [0, 0.05) is 30.2 Å². The molecule has 1 aromatic carbocycles. The van der Waals surface area contributed by atoms with Gasteiger partial charge in [0.2, 0.25) is 0 Å². The van der Waals surface area contributed by atoms with E-state index < -0.39 is 11.0 Å². The van der Waals surface area contributed by atoms with Crippen LogP contribution in [0.25, 0.3) is 0 Å². The highest BCUT2D eigenvalue weighted by molar-refractivity contribution is 5.83. The molecule has 1 heterocycles. The number of fused-ring (bicyclic) bond motifs is 3. The molecule has 0 unspecified atom stereocenters. The summed E-state index contributed by atoms with van der Waals surface area (Å²) >= 11 is 0. The third-order valence-corrected chi connectivity index (χ3v) is 6.64. The molecule has 3 rings (SSSR count). The third-order valence-electron chi connectivity index (χ3n) is 6.64. The predicted molar refractivity (Wildman–Crippen MR) is 111 cm³/mol. The van der Waals surface area contributed by atoms with Crippen molar-refractivity contribution in [3.63, 3.8) is 0 Å². The van der Waals surface area contributed by atoms with E-state index in [0.717, 1.165) is 25.7 Å². The van der Waals surface area contributed by atoms with E-state index in [2.05, 4.69) is 6.92 Å². The Balaban J connectivity index is 1.92. The van der Waals surface area contributed by atoms with Gasteiger partial charge in [-0.25, -0.2) is 0 Å². The number of carbonyl (C=O) groups is 2. The fraction of sp³-hybridized carbons (Fsp3) is 0.667. The SMILES string of the molecule is CCCCCOC(=O)C(C)(C)c1cc(O)c2c(c1)OC(C)(C)[C@@H]1CCC(=O)C[C@@H]21. The smallest absolute Gasteiger partial charge is 0.315 e. The lowest BCUT2D eigenvalue weighted by atomic mass is 9.66. The highest BCUT2D eigenvalue weighted by atomic mass is 16.5. The molecule has 1 aliphatic heterocycles. The number of rotatable bonds is 6. The first-order valence-corrected chi connectivity index (χ1v) is 10.8. The lowest BCUT2D eigenvalue weighted by Gasteiger charge is -2.47. The summed E-state index contributed by atoms with van der Waals surface area (Å²) in [6, 6.07) is 3.49. The molecule has 1 saturated carbocycles. The quantitative estimate of drug-likeness (QED) is 0.534. The van der Waals surface area contributed by atoms with E-state index in [9.17, 15) is 14.7 Å². The number of esters is 1. The van der Waals surface area contributed by atoms with Crippen LogP contribution >= 0.6 is 0 Å². The Morgan fingerprint density at radius 3 is 2.72 bits per heavy atom. The van der Waals surface area contributed by atoms with Crippen LogP contribution in [-0.2, 0) is 19.7 Å². The molecule has 5 nitrogen and oxygen atoms in total. The second-order valence-corrected chi connectivity index (χ2v) is 9.58. The monoisotopic (exact) mass is 402 g/mol. The molecule has 5 heteroatoms. The lowest BCUT2D eigenvalue weighted by Crippen LogP contribution is -2.47. The molecule has 1 aliphatic carbocycles. The number of aromatic hydroxyl groups is 1. The van der Waals surface area contributed by atoms with Gasteiger partial charge in [-0.05, 0) is 58.2 Å². The summed E-state index contributed by atoms with van der Waals surface area (Å²) in [5, 5.41) is 10.9. The van der Waals surface area contributed by atoms with Crippen molar-refractivity contribution >= 4 is 11.8 Å². The predicted octanol–water partition coefficient (Wildman–Crippen LogP) is 5.03. The van der Waals surface area contributed by atoms with Gasteiger partial charge in [0.05, 0.1) is 12.0 Å². The van der Waals surface area contributed by atoms with Gasteiger partial charge < -0.3 is 14.6 Å². The molecule has 0 aromatic heterocycles. The molecule has 2 aliphatic rings. The first-order chi connectivity index (χ1) is 13.6. The van der Waals surface area contributed by atoms with Crippen LogP contribution in [0.2, 0.25) is 0 Å². The first-order valence-electron chi connectivity index (χ1n) is 10.8. The van der Waals surface area contributed by atoms with E-state index in [1.165, 1.54) is 0 Å².